The minimum atomic E-state index is -3.39. The summed E-state index contributed by atoms with van der Waals surface area (Å²) in [5, 5.41) is 3.06. The lowest BCUT2D eigenvalue weighted by atomic mass is 10.2. The molecule has 1 unspecified atom stereocenters. The average molecular weight is 291 g/mol. The molecule has 2 N–H and O–H groups in total. The Hall–Kier alpha value is -0.780. The molecular weight excluding hydrogens is 272 g/mol. The Bertz CT molecular complexity index is 503. The number of hydrogen-bond donors (Lipinski definition) is 2. The highest BCUT2D eigenvalue weighted by Gasteiger charge is 2.20. The van der Waals surface area contributed by atoms with Gasteiger partial charge in [-0.25, -0.2) is 8.42 Å². The van der Waals surface area contributed by atoms with Gasteiger partial charge < -0.3 is 5.32 Å². The number of sulfonamides is 1. The van der Waals surface area contributed by atoms with Gasteiger partial charge in [0, 0.05) is 17.3 Å². The number of aryl methyl sites for hydroxylation is 1. The van der Waals surface area contributed by atoms with Gasteiger partial charge in [0.15, 0.2) is 0 Å². The van der Waals surface area contributed by atoms with E-state index in [0.717, 1.165) is 12.1 Å². The van der Waals surface area contributed by atoms with Gasteiger partial charge in [0.2, 0.25) is 10.0 Å². The van der Waals surface area contributed by atoms with Crippen LogP contribution in [0.4, 0.5) is 5.69 Å². The largest absolute Gasteiger partial charge is 0.316 e. The predicted molar refractivity (Wildman–Crippen MR) is 76.7 cm³/mol. The molecule has 0 aliphatic heterocycles. The smallest absolute Gasteiger partial charge is 0.236 e. The number of rotatable bonds is 6. The lowest BCUT2D eigenvalue weighted by molar-refractivity contribution is 0.579. The molecule has 6 heteroatoms. The Morgan fingerprint density at radius 3 is 2.61 bits per heavy atom. The van der Waals surface area contributed by atoms with Crippen molar-refractivity contribution in [2.45, 2.75) is 26.0 Å². The number of anilines is 1. The molecule has 0 radical (unpaired) electrons. The van der Waals surface area contributed by atoms with E-state index in [9.17, 15) is 8.42 Å². The van der Waals surface area contributed by atoms with Crippen LogP contribution < -0.4 is 10.0 Å². The third-order valence-electron chi connectivity index (χ3n) is 2.64. The predicted octanol–water partition coefficient (Wildman–Crippen LogP) is 2.39. The second-order valence-electron chi connectivity index (χ2n) is 4.23. The molecule has 0 bridgehead atoms. The lowest BCUT2D eigenvalue weighted by Crippen LogP contribution is -2.34. The summed E-state index contributed by atoms with van der Waals surface area (Å²) in [6.45, 7) is 6.64. The molecule has 0 spiro atoms. The van der Waals surface area contributed by atoms with E-state index < -0.39 is 15.3 Å². The Kier molecular flexibility index (Phi) is 5.44. The van der Waals surface area contributed by atoms with Crippen molar-refractivity contribution >= 4 is 27.3 Å². The first-order valence-electron chi connectivity index (χ1n) is 5.85. The molecular formula is C12H19ClN2O2S. The first-order chi connectivity index (χ1) is 8.36. The quantitative estimate of drug-likeness (QED) is 0.846. The Morgan fingerprint density at radius 1 is 1.39 bits per heavy atom. The van der Waals surface area contributed by atoms with Crippen LogP contribution in [-0.2, 0) is 10.0 Å². The third kappa shape index (κ3) is 4.15. The van der Waals surface area contributed by atoms with Crippen molar-refractivity contribution in [1.29, 1.82) is 0 Å². The van der Waals surface area contributed by atoms with Crippen LogP contribution >= 0.6 is 11.6 Å². The van der Waals surface area contributed by atoms with Crippen LogP contribution in [0.2, 0.25) is 5.02 Å². The molecule has 18 heavy (non-hydrogen) atoms. The fourth-order valence-electron chi connectivity index (χ4n) is 1.38. The average Bonchev–Trinajstić information content (AvgIpc) is 2.30. The van der Waals surface area contributed by atoms with E-state index >= 15 is 0 Å². The number of halogens is 1. The van der Waals surface area contributed by atoms with Crippen molar-refractivity contribution in [2.75, 3.05) is 17.8 Å². The summed E-state index contributed by atoms with van der Waals surface area (Å²) >= 11 is 5.96. The molecule has 0 amide bonds. The normalized spacial score (nSPS) is 13.3. The molecule has 102 valence electrons. The van der Waals surface area contributed by atoms with Crippen molar-refractivity contribution in [3.8, 4) is 0 Å². The molecule has 0 saturated carbocycles. The van der Waals surface area contributed by atoms with Gasteiger partial charge in [-0.1, -0.05) is 24.6 Å². The van der Waals surface area contributed by atoms with Crippen molar-refractivity contribution < 1.29 is 8.42 Å². The van der Waals surface area contributed by atoms with Crippen LogP contribution in [0.15, 0.2) is 18.2 Å². The third-order valence-corrected chi connectivity index (χ3v) is 4.80. The summed E-state index contributed by atoms with van der Waals surface area (Å²) < 4.78 is 26.6. The number of hydrogen-bond acceptors (Lipinski definition) is 3. The van der Waals surface area contributed by atoms with Crippen LogP contribution in [0.1, 0.15) is 19.4 Å². The maximum Gasteiger partial charge on any atom is 0.236 e. The van der Waals surface area contributed by atoms with Crippen molar-refractivity contribution in [3.05, 3.63) is 28.8 Å². The van der Waals surface area contributed by atoms with Gasteiger partial charge >= 0.3 is 0 Å². The molecule has 4 nitrogen and oxygen atoms in total. The highest BCUT2D eigenvalue weighted by atomic mass is 35.5. The Balaban J connectivity index is 2.78. The molecule has 0 aliphatic carbocycles. The van der Waals surface area contributed by atoms with Gasteiger partial charge in [0.05, 0.1) is 5.25 Å². The number of nitrogens with one attached hydrogen (secondary N) is 2. The van der Waals surface area contributed by atoms with Crippen LogP contribution in [0.3, 0.4) is 0 Å². The van der Waals surface area contributed by atoms with Gasteiger partial charge in [0.25, 0.3) is 0 Å². The van der Waals surface area contributed by atoms with Crippen molar-refractivity contribution in [2.24, 2.45) is 0 Å². The van der Waals surface area contributed by atoms with Crippen LogP contribution in [0.25, 0.3) is 0 Å². The molecule has 1 atom stereocenters. The number of benzene rings is 1. The molecule has 0 saturated heterocycles. The topological polar surface area (TPSA) is 58.2 Å². The summed E-state index contributed by atoms with van der Waals surface area (Å²) in [5.74, 6) is 0. The summed E-state index contributed by atoms with van der Waals surface area (Å²) in [6.07, 6.45) is 0. The maximum atomic E-state index is 12.0. The summed E-state index contributed by atoms with van der Waals surface area (Å²) in [4.78, 5) is 0. The van der Waals surface area contributed by atoms with E-state index in [1.807, 2.05) is 13.8 Å². The van der Waals surface area contributed by atoms with Gasteiger partial charge in [-0.15, -0.1) is 0 Å². The van der Waals surface area contributed by atoms with E-state index in [-0.39, 0.29) is 0 Å². The zero-order valence-corrected chi connectivity index (χ0v) is 12.4. The molecule has 0 aliphatic rings. The fourth-order valence-corrected chi connectivity index (χ4v) is 2.55. The maximum absolute atomic E-state index is 12.0. The highest BCUT2D eigenvalue weighted by Crippen LogP contribution is 2.21. The second kappa shape index (κ2) is 6.41. The molecule has 0 fully saturated rings. The SMILES string of the molecule is CCNCC(C)S(=O)(=O)Nc1ccc(C)c(Cl)c1. The monoisotopic (exact) mass is 290 g/mol. The van der Waals surface area contributed by atoms with Crippen molar-refractivity contribution in [3.63, 3.8) is 0 Å². The minimum Gasteiger partial charge on any atom is -0.316 e. The Morgan fingerprint density at radius 2 is 2.06 bits per heavy atom. The van der Waals surface area contributed by atoms with E-state index in [1.165, 1.54) is 0 Å². The van der Waals surface area contributed by atoms with Gasteiger partial charge in [-0.3, -0.25) is 4.72 Å². The van der Waals surface area contributed by atoms with E-state index in [0.29, 0.717) is 17.3 Å². The van der Waals surface area contributed by atoms with Gasteiger partial charge in [-0.2, -0.15) is 0 Å². The molecule has 0 heterocycles. The van der Waals surface area contributed by atoms with Gasteiger partial charge in [0.1, 0.15) is 0 Å². The van der Waals surface area contributed by atoms with Crippen molar-refractivity contribution in [1.82, 2.24) is 5.32 Å². The first kappa shape index (κ1) is 15.3. The lowest BCUT2D eigenvalue weighted by Gasteiger charge is -2.15. The first-order valence-corrected chi connectivity index (χ1v) is 7.77. The van der Waals surface area contributed by atoms with Crippen LogP contribution in [0.5, 0.6) is 0 Å². The van der Waals surface area contributed by atoms with Gasteiger partial charge in [-0.05, 0) is 38.1 Å². The second-order valence-corrected chi connectivity index (χ2v) is 6.74. The standard InChI is InChI=1S/C12H19ClN2O2S/c1-4-14-8-10(3)18(16,17)15-11-6-5-9(2)12(13)7-11/h5-7,10,14-15H,4,8H2,1-3H3. The molecule has 1 rings (SSSR count). The molecule has 1 aromatic carbocycles. The highest BCUT2D eigenvalue weighted by molar-refractivity contribution is 7.93. The zero-order valence-electron chi connectivity index (χ0n) is 10.8. The van der Waals surface area contributed by atoms with E-state index in [4.69, 9.17) is 11.6 Å². The van der Waals surface area contributed by atoms with E-state index in [2.05, 4.69) is 10.0 Å². The summed E-state index contributed by atoms with van der Waals surface area (Å²) in [5.41, 5.74) is 1.41. The summed E-state index contributed by atoms with van der Waals surface area (Å²) in [7, 11) is -3.39. The fraction of sp³-hybridized carbons (Fsp3) is 0.500. The van der Waals surface area contributed by atoms with Crippen LogP contribution in [-0.4, -0.2) is 26.8 Å². The molecule has 1 aromatic rings. The van der Waals surface area contributed by atoms with E-state index in [1.54, 1.807) is 25.1 Å². The van der Waals surface area contributed by atoms with Crippen LogP contribution in [0, 0.1) is 6.92 Å². The molecule has 0 aromatic heterocycles. The zero-order chi connectivity index (χ0) is 13.8. The summed E-state index contributed by atoms with van der Waals surface area (Å²) in [6, 6.07) is 5.11. The minimum absolute atomic E-state index is 0.422. The Labute approximate surface area is 114 Å².